The third-order valence-corrected chi connectivity index (χ3v) is 5.25. The van der Waals surface area contributed by atoms with Gasteiger partial charge in [-0.15, -0.1) is 0 Å². The lowest BCUT2D eigenvalue weighted by atomic mass is 10.2. The summed E-state index contributed by atoms with van der Waals surface area (Å²) in [5.74, 6) is 0.866. The number of hydrogen-bond acceptors (Lipinski definition) is 5. The predicted molar refractivity (Wildman–Crippen MR) is 107 cm³/mol. The zero-order valence-corrected chi connectivity index (χ0v) is 15.9. The Morgan fingerprint density at radius 3 is 2.52 bits per heavy atom. The fourth-order valence-corrected chi connectivity index (χ4v) is 3.67. The van der Waals surface area contributed by atoms with E-state index in [1.54, 1.807) is 36.3 Å². The Bertz CT molecular complexity index is 995. The molecular weight excluding hydrogens is 364 g/mol. The molecule has 1 aliphatic heterocycles. The van der Waals surface area contributed by atoms with Gasteiger partial charge in [-0.25, -0.2) is 9.66 Å². The summed E-state index contributed by atoms with van der Waals surface area (Å²) in [4.78, 5) is 19.6. The molecule has 0 N–H and O–H groups in total. The van der Waals surface area contributed by atoms with Crippen molar-refractivity contribution in [2.75, 3.05) is 38.3 Å². The van der Waals surface area contributed by atoms with Crippen LogP contribution in [0.5, 0.6) is 5.75 Å². The summed E-state index contributed by atoms with van der Waals surface area (Å²) in [6, 6.07) is 13.5. The molecule has 4 rings (SSSR count). The third kappa shape index (κ3) is 3.63. The van der Waals surface area contributed by atoms with Crippen molar-refractivity contribution in [1.82, 2.24) is 14.6 Å². The highest BCUT2D eigenvalue weighted by molar-refractivity contribution is 6.35. The number of aromatic nitrogens is 2. The lowest BCUT2D eigenvalue weighted by Gasteiger charge is -2.36. The van der Waals surface area contributed by atoms with Gasteiger partial charge in [-0.05, 0) is 29.8 Å². The first-order chi connectivity index (χ1) is 13.2. The second kappa shape index (κ2) is 7.58. The largest absolute Gasteiger partial charge is 0.497 e. The zero-order valence-electron chi connectivity index (χ0n) is 15.1. The van der Waals surface area contributed by atoms with Gasteiger partial charge in [0.1, 0.15) is 12.1 Å². The summed E-state index contributed by atoms with van der Waals surface area (Å²) in [5.41, 5.74) is 1.76. The minimum atomic E-state index is -0.116. The number of fused-ring (bicyclic) bond motifs is 1. The maximum atomic E-state index is 12.9. The molecule has 0 amide bonds. The number of rotatable bonds is 4. The van der Waals surface area contributed by atoms with Gasteiger partial charge in [-0.1, -0.05) is 29.8 Å². The SMILES string of the molecule is COc1ccc(CN2CCN(n3cnc4cccc(Cl)c4c3=O)CC2)cc1. The molecule has 0 saturated carbocycles. The Labute approximate surface area is 162 Å². The minimum absolute atomic E-state index is 0.116. The van der Waals surface area contributed by atoms with Crippen LogP contribution >= 0.6 is 11.6 Å². The summed E-state index contributed by atoms with van der Waals surface area (Å²) < 4.78 is 6.80. The van der Waals surface area contributed by atoms with Gasteiger partial charge in [0.15, 0.2) is 0 Å². The van der Waals surface area contributed by atoms with Crippen molar-refractivity contribution in [2.45, 2.75) is 6.54 Å². The van der Waals surface area contributed by atoms with Gasteiger partial charge in [-0.2, -0.15) is 0 Å². The van der Waals surface area contributed by atoms with Gasteiger partial charge in [0.2, 0.25) is 0 Å². The highest BCUT2D eigenvalue weighted by Gasteiger charge is 2.19. The van der Waals surface area contributed by atoms with Gasteiger partial charge in [0.25, 0.3) is 5.56 Å². The lowest BCUT2D eigenvalue weighted by molar-refractivity contribution is 0.231. The molecule has 6 nitrogen and oxygen atoms in total. The molecule has 0 spiro atoms. The highest BCUT2D eigenvalue weighted by Crippen LogP contribution is 2.18. The molecule has 7 heteroatoms. The molecule has 2 heterocycles. The number of methoxy groups -OCH3 is 1. The standard InChI is InChI=1S/C20H21ClN4O2/c1-27-16-7-5-15(6-8-16)13-23-9-11-24(12-10-23)25-14-22-18-4-2-3-17(21)19(18)20(25)26/h2-8,14H,9-13H2,1H3. The molecule has 0 atom stereocenters. The summed E-state index contributed by atoms with van der Waals surface area (Å²) in [7, 11) is 1.67. The summed E-state index contributed by atoms with van der Waals surface area (Å²) in [6.07, 6.45) is 1.60. The molecule has 1 saturated heterocycles. The van der Waals surface area contributed by atoms with Crippen molar-refractivity contribution in [3.63, 3.8) is 0 Å². The van der Waals surface area contributed by atoms with E-state index in [1.165, 1.54) is 5.56 Å². The van der Waals surface area contributed by atoms with Crippen molar-refractivity contribution in [2.24, 2.45) is 0 Å². The lowest BCUT2D eigenvalue weighted by Crippen LogP contribution is -2.53. The zero-order chi connectivity index (χ0) is 18.8. The van der Waals surface area contributed by atoms with E-state index in [9.17, 15) is 4.79 Å². The van der Waals surface area contributed by atoms with Crippen molar-refractivity contribution < 1.29 is 4.74 Å². The van der Waals surface area contributed by atoms with Crippen LogP contribution in [0.2, 0.25) is 5.02 Å². The molecule has 0 radical (unpaired) electrons. The van der Waals surface area contributed by atoms with E-state index in [1.807, 2.05) is 17.1 Å². The van der Waals surface area contributed by atoms with Crippen LogP contribution in [0.1, 0.15) is 5.56 Å². The number of piperazine rings is 1. The first kappa shape index (κ1) is 17.8. The maximum Gasteiger partial charge on any atom is 0.281 e. The van der Waals surface area contributed by atoms with E-state index in [0.29, 0.717) is 15.9 Å². The van der Waals surface area contributed by atoms with Crippen LogP contribution in [0.25, 0.3) is 10.9 Å². The monoisotopic (exact) mass is 384 g/mol. The van der Waals surface area contributed by atoms with E-state index in [-0.39, 0.29) is 5.56 Å². The number of benzene rings is 2. The van der Waals surface area contributed by atoms with Gasteiger partial charge in [-0.3, -0.25) is 9.69 Å². The Balaban J connectivity index is 1.46. The van der Waals surface area contributed by atoms with Crippen molar-refractivity contribution in [3.8, 4) is 5.75 Å². The number of halogens is 1. The average Bonchev–Trinajstić information content (AvgIpc) is 2.70. The second-order valence-electron chi connectivity index (χ2n) is 6.61. The van der Waals surface area contributed by atoms with E-state index < -0.39 is 0 Å². The predicted octanol–water partition coefficient (Wildman–Crippen LogP) is 2.51. The van der Waals surface area contributed by atoms with E-state index in [4.69, 9.17) is 16.3 Å². The highest BCUT2D eigenvalue weighted by atomic mass is 35.5. The fourth-order valence-electron chi connectivity index (χ4n) is 3.42. The van der Waals surface area contributed by atoms with Crippen LogP contribution in [0, 0.1) is 0 Å². The Hall–Kier alpha value is -2.57. The fraction of sp³-hybridized carbons (Fsp3) is 0.300. The minimum Gasteiger partial charge on any atom is -0.497 e. The number of nitrogens with zero attached hydrogens (tertiary/aromatic N) is 4. The molecule has 3 aromatic rings. The van der Waals surface area contributed by atoms with Crippen LogP contribution in [0.15, 0.2) is 53.6 Å². The van der Waals surface area contributed by atoms with Gasteiger partial charge < -0.3 is 9.75 Å². The van der Waals surface area contributed by atoms with E-state index in [2.05, 4.69) is 22.0 Å². The Morgan fingerprint density at radius 2 is 1.81 bits per heavy atom. The van der Waals surface area contributed by atoms with Crippen LogP contribution in [-0.2, 0) is 6.54 Å². The van der Waals surface area contributed by atoms with Gasteiger partial charge >= 0.3 is 0 Å². The molecular formula is C20H21ClN4O2. The number of hydrogen-bond donors (Lipinski definition) is 0. The third-order valence-electron chi connectivity index (χ3n) is 4.94. The maximum absolute atomic E-state index is 12.9. The van der Waals surface area contributed by atoms with E-state index in [0.717, 1.165) is 38.5 Å². The molecule has 2 aromatic carbocycles. The van der Waals surface area contributed by atoms with Crippen LogP contribution in [-0.4, -0.2) is 47.8 Å². The van der Waals surface area contributed by atoms with Gasteiger partial charge in [0.05, 0.1) is 23.0 Å². The molecule has 27 heavy (non-hydrogen) atoms. The van der Waals surface area contributed by atoms with Crippen LogP contribution in [0.3, 0.4) is 0 Å². The molecule has 0 unspecified atom stereocenters. The van der Waals surface area contributed by atoms with E-state index >= 15 is 0 Å². The molecule has 0 aliphatic carbocycles. The van der Waals surface area contributed by atoms with Crippen LogP contribution in [0.4, 0.5) is 0 Å². The quantitative estimate of drug-likeness (QED) is 0.691. The molecule has 1 aliphatic rings. The van der Waals surface area contributed by atoms with Crippen molar-refractivity contribution >= 4 is 22.5 Å². The van der Waals surface area contributed by atoms with Crippen molar-refractivity contribution in [3.05, 3.63) is 69.7 Å². The second-order valence-corrected chi connectivity index (χ2v) is 7.01. The summed E-state index contributed by atoms with van der Waals surface area (Å²) in [6.45, 7) is 4.15. The number of ether oxygens (including phenoxy) is 1. The normalized spacial score (nSPS) is 15.3. The smallest absolute Gasteiger partial charge is 0.281 e. The summed E-state index contributed by atoms with van der Waals surface area (Å²) in [5, 5.41) is 2.95. The topological polar surface area (TPSA) is 50.6 Å². The summed E-state index contributed by atoms with van der Waals surface area (Å²) >= 11 is 6.22. The Kier molecular flexibility index (Phi) is 5.01. The molecule has 1 aromatic heterocycles. The molecule has 140 valence electrons. The van der Waals surface area contributed by atoms with Gasteiger partial charge in [0, 0.05) is 32.7 Å². The van der Waals surface area contributed by atoms with Crippen molar-refractivity contribution in [1.29, 1.82) is 0 Å². The molecule has 0 bridgehead atoms. The average molecular weight is 385 g/mol. The first-order valence-corrected chi connectivity index (χ1v) is 9.30. The molecule has 1 fully saturated rings. The van der Waals surface area contributed by atoms with Crippen LogP contribution < -0.4 is 15.3 Å². The first-order valence-electron chi connectivity index (χ1n) is 8.92. The Morgan fingerprint density at radius 1 is 1.07 bits per heavy atom.